The number of hydrogen-bond acceptors (Lipinski definition) is 2. The van der Waals surface area contributed by atoms with E-state index in [9.17, 15) is 0 Å². The van der Waals surface area contributed by atoms with E-state index in [1.165, 1.54) is 51.7 Å². The van der Waals surface area contributed by atoms with Crippen LogP contribution < -0.4 is 5.32 Å². The molecule has 2 aliphatic rings. The Bertz CT molecular complexity index is 205. The van der Waals surface area contributed by atoms with E-state index in [1.54, 1.807) is 0 Å². The predicted molar refractivity (Wildman–Crippen MR) is 69.6 cm³/mol. The average Bonchev–Trinajstić information content (AvgIpc) is 2.28. The summed E-state index contributed by atoms with van der Waals surface area (Å²) in [6.45, 7) is 9.68. The highest BCUT2D eigenvalue weighted by Gasteiger charge is 2.36. The lowest BCUT2D eigenvalue weighted by molar-refractivity contribution is 0.0281. The van der Waals surface area contributed by atoms with Gasteiger partial charge < -0.3 is 5.32 Å². The molecule has 2 fully saturated rings. The summed E-state index contributed by atoms with van der Waals surface area (Å²) in [7, 11) is 0. The zero-order chi connectivity index (χ0) is 11.4. The molecule has 1 aliphatic carbocycles. The van der Waals surface area contributed by atoms with Gasteiger partial charge in [0, 0.05) is 12.6 Å². The molecule has 3 unspecified atom stereocenters. The first-order valence-corrected chi connectivity index (χ1v) is 7.29. The second kappa shape index (κ2) is 6.02. The number of likely N-dealkylation sites (tertiary alicyclic amines) is 1. The van der Waals surface area contributed by atoms with Crippen LogP contribution in [0.4, 0.5) is 0 Å². The Balaban J connectivity index is 1.78. The summed E-state index contributed by atoms with van der Waals surface area (Å²) in [5.74, 6) is 1.92. The highest BCUT2D eigenvalue weighted by Crippen LogP contribution is 2.34. The van der Waals surface area contributed by atoms with Crippen molar-refractivity contribution in [2.24, 2.45) is 11.8 Å². The second-order valence-electron chi connectivity index (χ2n) is 5.62. The zero-order valence-electron chi connectivity index (χ0n) is 11.0. The molecule has 3 atom stereocenters. The zero-order valence-corrected chi connectivity index (χ0v) is 11.0. The summed E-state index contributed by atoms with van der Waals surface area (Å²) in [6.07, 6.45) is 7.18. The van der Waals surface area contributed by atoms with E-state index in [0.717, 1.165) is 24.4 Å². The smallest absolute Gasteiger partial charge is 0.0136 e. The Morgan fingerprint density at radius 1 is 1.19 bits per heavy atom. The molecule has 0 aromatic heterocycles. The fourth-order valence-corrected chi connectivity index (χ4v) is 3.33. The van der Waals surface area contributed by atoms with E-state index in [4.69, 9.17) is 0 Å². The Morgan fingerprint density at radius 2 is 2.06 bits per heavy atom. The Morgan fingerprint density at radius 3 is 2.69 bits per heavy atom. The molecule has 0 aromatic carbocycles. The quantitative estimate of drug-likeness (QED) is 0.772. The van der Waals surface area contributed by atoms with Crippen LogP contribution in [0.5, 0.6) is 0 Å². The van der Waals surface area contributed by atoms with Gasteiger partial charge in [-0.15, -0.1) is 0 Å². The van der Waals surface area contributed by atoms with Crippen LogP contribution in [0.25, 0.3) is 0 Å². The molecule has 1 N–H and O–H groups in total. The van der Waals surface area contributed by atoms with E-state index < -0.39 is 0 Å². The standard InChI is InChI=1S/C14H28N2/c1-3-12-6-5-9-16(11-12)14-8-7-13(14)10-15-4-2/h12-15H,3-11H2,1-2H3. The van der Waals surface area contributed by atoms with Gasteiger partial charge in [0.05, 0.1) is 0 Å². The minimum absolute atomic E-state index is 0.911. The lowest BCUT2D eigenvalue weighted by Gasteiger charge is -2.47. The predicted octanol–water partition coefficient (Wildman–Crippen LogP) is 2.50. The normalized spacial score (nSPS) is 36.0. The molecule has 0 bridgehead atoms. The average molecular weight is 224 g/mol. The molecule has 16 heavy (non-hydrogen) atoms. The Hall–Kier alpha value is -0.0800. The van der Waals surface area contributed by atoms with E-state index >= 15 is 0 Å². The molecule has 0 spiro atoms. The van der Waals surface area contributed by atoms with Crippen LogP contribution in [0.15, 0.2) is 0 Å². The van der Waals surface area contributed by atoms with Crippen LogP contribution >= 0.6 is 0 Å². The van der Waals surface area contributed by atoms with Gasteiger partial charge in [-0.25, -0.2) is 0 Å². The molecule has 1 heterocycles. The van der Waals surface area contributed by atoms with Crippen LogP contribution in [0, 0.1) is 11.8 Å². The van der Waals surface area contributed by atoms with Gasteiger partial charge in [-0.1, -0.05) is 20.3 Å². The summed E-state index contributed by atoms with van der Waals surface area (Å²) in [5.41, 5.74) is 0. The molecule has 0 amide bonds. The monoisotopic (exact) mass is 224 g/mol. The maximum absolute atomic E-state index is 3.52. The minimum Gasteiger partial charge on any atom is -0.317 e. The molecule has 2 nitrogen and oxygen atoms in total. The fourth-order valence-electron chi connectivity index (χ4n) is 3.33. The lowest BCUT2D eigenvalue weighted by atomic mass is 9.77. The van der Waals surface area contributed by atoms with Crippen molar-refractivity contribution in [1.82, 2.24) is 10.2 Å². The first kappa shape index (κ1) is 12.4. The summed E-state index contributed by atoms with van der Waals surface area (Å²) < 4.78 is 0. The lowest BCUT2D eigenvalue weighted by Crippen LogP contribution is -2.53. The van der Waals surface area contributed by atoms with E-state index in [2.05, 4.69) is 24.1 Å². The topological polar surface area (TPSA) is 15.3 Å². The molecule has 1 saturated carbocycles. The number of hydrogen-bond donors (Lipinski definition) is 1. The molecule has 1 saturated heterocycles. The summed E-state index contributed by atoms with van der Waals surface area (Å²) >= 11 is 0. The molecule has 1 aliphatic heterocycles. The number of nitrogens with zero attached hydrogens (tertiary/aromatic N) is 1. The molecule has 94 valence electrons. The maximum Gasteiger partial charge on any atom is 0.0136 e. The van der Waals surface area contributed by atoms with E-state index in [1.807, 2.05) is 0 Å². The molecule has 2 heteroatoms. The summed E-state index contributed by atoms with van der Waals surface area (Å²) in [4.78, 5) is 2.79. The summed E-state index contributed by atoms with van der Waals surface area (Å²) in [6, 6.07) is 0.911. The molecule has 0 radical (unpaired) electrons. The van der Waals surface area contributed by atoms with Crippen molar-refractivity contribution in [3.63, 3.8) is 0 Å². The highest BCUT2D eigenvalue weighted by molar-refractivity contribution is 4.91. The van der Waals surface area contributed by atoms with E-state index in [-0.39, 0.29) is 0 Å². The summed E-state index contributed by atoms with van der Waals surface area (Å²) in [5, 5.41) is 3.52. The van der Waals surface area contributed by atoms with Gasteiger partial charge in [0.25, 0.3) is 0 Å². The molecular formula is C14H28N2. The van der Waals surface area contributed by atoms with Crippen LogP contribution in [0.3, 0.4) is 0 Å². The number of piperidine rings is 1. The van der Waals surface area contributed by atoms with Gasteiger partial charge in [-0.2, -0.15) is 0 Å². The van der Waals surface area contributed by atoms with Crippen molar-refractivity contribution in [1.29, 1.82) is 0 Å². The van der Waals surface area contributed by atoms with Crippen molar-refractivity contribution in [2.45, 2.75) is 52.0 Å². The van der Waals surface area contributed by atoms with Gasteiger partial charge in [-0.3, -0.25) is 4.90 Å². The van der Waals surface area contributed by atoms with Gasteiger partial charge in [0.2, 0.25) is 0 Å². The van der Waals surface area contributed by atoms with Gasteiger partial charge >= 0.3 is 0 Å². The van der Waals surface area contributed by atoms with Crippen molar-refractivity contribution in [3.05, 3.63) is 0 Å². The van der Waals surface area contributed by atoms with Crippen molar-refractivity contribution in [2.75, 3.05) is 26.2 Å². The van der Waals surface area contributed by atoms with Gasteiger partial charge in [0.1, 0.15) is 0 Å². The maximum atomic E-state index is 3.52. The Kier molecular flexibility index (Phi) is 4.66. The van der Waals surface area contributed by atoms with Gasteiger partial charge in [-0.05, 0) is 57.2 Å². The first-order valence-electron chi connectivity index (χ1n) is 7.29. The third kappa shape index (κ3) is 2.78. The fraction of sp³-hybridized carbons (Fsp3) is 1.00. The molecular weight excluding hydrogens is 196 g/mol. The number of rotatable bonds is 5. The third-order valence-electron chi connectivity index (χ3n) is 4.63. The van der Waals surface area contributed by atoms with Gasteiger partial charge in [0.15, 0.2) is 0 Å². The van der Waals surface area contributed by atoms with E-state index in [0.29, 0.717) is 0 Å². The minimum atomic E-state index is 0.911. The third-order valence-corrected chi connectivity index (χ3v) is 4.63. The SMILES string of the molecule is CCNCC1CCC1N1CCCC(CC)C1. The Labute approximate surface area is 101 Å². The van der Waals surface area contributed by atoms with Crippen molar-refractivity contribution >= 4 is 0 Å². The molecule has 0 aromatic rings. The van der Waals surface area contributed by atoms with Crippen molar-refractivity contribution in [3.8, 4) is 0 Å². The highest BCUT2D eigenvalue weighted by atomic mass is 15.2. The number of nitrogens with one attached hydrogen (secondary N) is 1. The molecule has 2 rings (SSSR count). The second-order valence-corrected chi connectivity index (χ2v) is 5.62. The van der Waals surface area contributed by atoms with Crippen LogP contribution in [-0.4, -0.2) is 37.1 Å². The largest absolute Gasteiger partial charge is 0.317 e. The van der Waals surface area contributed by atoms with Crippen molar-refractivity contribution < 1.29 is 0 Å². The first-order chi connectivity index (χ1) is 7.85. The van der Waals surface area contributed by atoms with Crippen LogP contribution in [0.2, 0.25) is 0 Å². The van der Waals surface area contributed by atoms with Crippen LogP contribution in [0.1, 0.15) is 46.0 Å². The van der Waals surface area contributed by atoms with Crippen LogP contribution in [-0.2, 0) is 0 Å².